The Balaban J connectivity index is 3.27. The Morgan fingerprint density at radius 2 is 2.18 bits per heavy atom. The van der Waals surface area contributed by atoms with Crippen LogP contribution in [0, 0.1) is 13.8 Å². The quantitative estimate of drug-likeness (QED) is 0.643. The van der Waals surface area contributed by atoms with E-state index >= 15 is 0 Å². The van der Waals surface area contributed by atoms with Gasteiger partial charge in [-0.1, -0.05) is 0 Å². The fraction of sp³-hybridized carbons (Fsp3) is 0.250. The largest absolute Gasteiger partial charge is 0.366 e. The summed E-state index contributed by atoms with van der Waals surface area (Å²) in [6.45, 7) is 3.68. The second kappa shape index (κ2) is 2.70. The van der Waals surface area contributed by atoms with E-state index in [9.17, 15) is 4.79 Å². The lowest BCUT2D eigenvalue weighted by atomic mass is 10.1. The third kappa shape index (κ3) is 1.37. The molecule has 0 aliphatic carbocycles. The number of primary amides is 1. The van der Waals surface area contributed by atoms with Crippen LogP contribution >= 0.6 is 0 Å². The number of hydrogen-bond donors (Lipinski definition) is 1. The van der Waals surface area contributed by atoms with Gasteiger partial charge in [0.15, 0.2) is 0 Å². The average molecular weight is 150 g/mol. The molecular formula is C8H10N2O. The van der Waals surface area contributed by atoms with Crippen molar-refractivity contribution in [3.8, 4) is 0 Å². The molecule has 0 aliphatic heterocycles. The van der Waals surface area contributed by atoms with Gasteiger partial charge in [0.05, 0.1) is 0 Å². The van der Waals surface area contributed by atoms with Crippen molar-refractivity contribution in [1.29, 1.82) is 0 Å². The van der Waals surface area contributed by atoms with Crippen LogP contribution in [0.3, 0.4) is 0 Å². The first-order valence-electron chi connectivity index (χ1n) is 3.35. The van der Waals surface area contributed by atoms with Crippen molar-refractivity contribution in [1.82, 2.24) is 4.98 Å². The molecule has 58 valence electrons. The summed E-state index contributed by atoms with van der Waals surface area (Å²) in [4.78, 5) is 14.8. The molecule has 0 radical (unpaired) electrons. The third-order valence-corrected chi connectivity index (χ3v) is 1.72. The zero-order valence-corrected chi connectivity index (χ0v) is 6.59. The monoisotopic (exact) mass is 150 g/mol. The van der Waals surface area contributed by atoms with Gasteiger partial charge in [-0.25, -0.2) is 0 Å². The van der Waals surface area contributed by atoms with Crippen LogP contribution in [0.1, 0.15) is 21.6 Å². The van der Waals surface area contributed by atoms with E-state index in [4.69, 9.17) is 5.73 Å². The van der Waals surface area contributed by atoms with Crippen molar-refractivity contribution < 1.29 is 4.79 Å². The zero-order chi connectivity index (χ0) is 8.43. The molecule has 0 bridgehead atoms. The number of hydrogen-bond acceptors (Lipinski definition) is 2. The van der Waals surface area contributed by atoms with Crippen molar-refractivity contribution in [2.24, 2.45) is 5.73 Å². The van der Waals surface area contributed by atoms with Gasteiger partial charge in [-0.2, -0.15) is 0 Å². The maximum Gasteiger partial charge on any atom is 0.249 e. The molecule has 1 aromatic heterocycles. The van der Waals surface area contributed by atoms with Crippen molar-refractivity contribution >= 4 is 5.91 Å². The fourth-order valence-corrected chi connectivity index (χ4v) is 0.907. The Hall–Kier alpha value is -1.38. The van der Waals surface area contributed by atoms with Gasteiger partial charge in [-0.3, -0.25) is 9.78 Å². The minimum atomic E-state index is -0.395. The van der Waals surface area contributed by atoms with E-state index in [0.717, 1.165) is 11.3 Å². The molecular weight excluding hydrogens is 140 g/mol. The maximum absolute atomic E-state index is 10.8. The van der Waals surface area contributed by atoms with Gasteiger partial charge < -0.3 is 5.73 Å². The first-order chi connectivity index (χ1) is 5.13. The number of rotatable bonds is 1. The minimum absolute atomic E-state index is 0.395. The normalized spacial score (nSPS) is 9.64. The van der Waals surface area contributed by atoms with E-state index in [1.54, 1.807) is 12.3 Å². The van der Waals surface area contributed by atoms with E-state index in [1.165, 1.54) is 0 Å². The van der Waals surface area contributed by atoms with Gasteiger partial charge in [0.2, 0.25) is 5.91 Å². The summed E-state index contributed by atoms with van der Waals surface area (Å²) in [7, 11) is 0. The summed E-state index contributed by atoms with van der Waals surface area (Å²) in [5, 5.41) is 0. The molecule has 0 spiro atoms. The lowest BCUT2D eigenvalue weighted by molar-refractivity contribution is 0.0999. The second-order valence-corrected chi connectivity index (χ2v) is 2.43. The van der Waals surface area contributed by atoms with Crippen LogP contribution < -0.4 is 5.73 Å². The number of nitrogens with zero attached hydrogens (tertiary/aromatic N) is 1. The molecule has 1 rings (SSSR count). The number of pyridine rings is 1. The lowest BCUT2D eigenvalue weighted by Crippen LogP contribution is -2.13. The van der Waals surface area contributed by atoms with Crippen LogP contribution in [0.25, 0.3) is 0 Å². The predicted molar refractivity (Wildman–Crippen MR) is 42.2 cm³/mol. The highest BCUT2D eigenvalue weighted by Crippen LogP contribution is 2.08. The van der Waals surface area contributed by atoms with Gasteiger partial charge in [0, 0.05) is 17.5 Å². The summed E-state index contributed by atoms with van der Waals surface area (Å²) in [6.07, 6.45) is 1.59. The summed E-state index contributed by atoms with van der Waals surface area (Å²) >= 11 is 0. The first kappa shape index (κ1) is 7.72. The van der Waals surface area contributed by atoms with Crippen LogP contribution in [0.4, 0.5) is 0 Å². The number of carbonyl (C=O) groups excluding carboxylic acids is 1. The summed E-state index contributed by atoms with van der Waals surface area (Å²) < 4.78 is 0. The van der Waals surface area contributed by atoms with E-state index in [2.05, 4.69) is 4.98 Å². The molecule has 0 aromatic carbocycles. The molecule has 2 N–H and O–H groups in total. The van der Waals surface area contributed by atoms with Gasteiger partial charge in [0.25, 0.3) is 0 Å². The standard InChI is InChI=1S/C8H10N2O/c1-5-6(2)10-4-3-7(5)8(9)11/h3-4H,1-2H3,(H2,9,11). The highest BCUT2D eigenvalue weighted by molar-refractivity contribution is 5.94. The molecule has 0 aliphatic rings. The van der Waals surface area contributed by atoms with Crippen LogP contribution in [-0.2, 0) is 0 Å². The summed E-state index contributed by atoms with van der Waals surface area (Å²) in [5.41, 5.74) is 7.38. The first-order valence-corrected chi connectivity index (χ1v) is 3.35. The van der Waals surface area contributed by atoms with Crippen molar-refractivity contribution in [3.05, 3.63) is 29.1 Å². The van der Waals surface area contributed by atoms with Gasteiger partial charge in [-0.05, 0) is 25.5 Å². The molecule has 3 nitrogen and oxygen atoms in total. The Morgan fingerprint density at radius 3 is 2.64 bits per heavy atom. The van der Waals surface area contributed by atoms with Gasteiger partial charge in [-0.15, -0.1) is 0 Å². The lowest BCUT2D eigenvalue weighted by Gasteiger charge is -2.02. The van der Waals surface area contributed by atoms with Gasteiger partial charge in [0.1, 0.15) is 0 Å². The van der Waals surface area contributed by atoms with E-state index in [1.807, 2.05) is 13.8 Å². The predicted octanol–water partition coefficient (Wildman–Crippen LogP) is 0.797. The number of aromatic nitrogens is 1. The molecule has 0 saturated heterocycles. The van der Waals surface area contributed by atoms with Crippen LogP contribution in [0.5, 0.6) is 0 Å². The van der Waals surface area contributed by atoms with E-state index in [0.29, 0.717) is 5.56 Å². The molecule has 11 heavy (non-hydrogen) atoms. The number of nitrogens with two attached hydrogens (primary N) is 1. The highest BCUT2D eigenvalue weighted by Gasteiger charge is 2.05. The number of aryl methyl sites for hydroxylation is 1. The SMILES string of the molecule is Cc1nccc(C(N)=O)c1C. The van der Waals surface area contributed by atoms with Crippen molar-refractivity contribution in [2.45, 2.75) is 13.8 Å². The van der Waals surface area contributed by atoms with Crippen LogP contribution in [0.2, 0.25) is 0 Å². The van der Waals surface area contributed by atoms with Crippen LogP contribution in [0.15, 0.2) is 12.3 Å². The van der Waals surface area contributed by atoms with Crippen LogP contribution in [-0.4, -0.2) is 10.9 Å². The minimum Gasteiger partial charge on any atom is -0.366 e. The second-order valence-electron chi connectivity index (χ2n) is 2.43. The molecule has 0 unspecified atom stereocenters. The van der Waals surface area contributed by atoms with E-state index < -0.39 is 5.91 Å². The van der Waals surface area contributed by atoms with E-state index in [-0.39, 0.29) is 0 Å². The number of amides is 1. The molecule has 0 fully saturated rings. The smallest absolute Gasteiger partial charge is 0.249 e. The number of carbonyl (C=O) groups is 1. The Morgan fingerprint density at radius 1 is 1.55 bits per heavy atom. The summed E-state index contributed by atoms with van der Waals surface area (Å²) in [6, 6.07) is 1.63. The molecule has 1 heterocycles. The zero-order valence-electron chi connectivity index (χ0n) is 6.59. The Bertz CT molecular complexity index is 294. The van der Waals surface area contributed by atoms with Gasteiger partial charge >= 0.3 is 0 Å². The molecule has 1 aromatic rings. The Kier molecular flexibility index (Phi) is 1.89. The highest BCUT2D eigenvalue weighted by atomic mass is 16.1. The maximum atomic E-state index is 10.8. The summed E-state index contributed by atoms with van der Waals surface area (Å²) in [5.74, 6) is -0.395. The topological polar surface area (TPSA) is 56.0 Å². The Labute approximate surface area is 65.2 Å². The molecule has 1 amide bonds. The van der Waals surface area contributed by atoms with Crippen molar-refractivity contribution in [3.63, 3.8) is 0 Å². The molecule has 3 heteroatoms. The fourth-order valence-electron chi connectivity index (χ4n) is 0.907. The average Bonchev–Trinajstić information content (AvgIpc) is 1.94. The molecule has 0 saturated carbocycles. The third-order valence-electron chi connectivity index (χ3n) is 1.72. The van der Waals surface area contributed by atoms with Crippen molar-refractivity contribution in [2.75, 3.05) is 0 Å². The molecule has 0 atom stereocenters.